The van der Waals surface area contributed by atoms with Gasteiger partial charge >= 0.3 is 0 Å². The third-order valence-corrected chi connectivity index (χ3v) is 5.56. The molecule has 2 aliphatic rings. The van der Waals surface area contributed by atoms with Crippen LogP contribution in [0.15, 0.2) is 18.2 Å². The Kier molecular flexibility index (Phi) is 5.64. The van der Waals surface area contributed by atoms with Crippen LogP contribution in [-0.4, -0.2) is 54.3 Å². The number of ether oxygens (including phenoxy) is 1. The Balaban J connectivity index is 1.68. The number of amides is 1. The third kappa shape index (κ3) is 3.85. The summed E-state index contributed by atoms with van der Waals surface area (Å²) in [5, 5.41) is 12.8. The predicted octanol–water partition coefficient (Wildman–Crippen LogP) is 2.81. The van der Waals surface area contributed by atoms with Crippen LogP contribution in [0.25, 0.3) is 0 Å². The molecular formula is C18H25ClN2O3. The Labute approximate surface area is 147 Å². The van der Waals surface area contributed by atoms with E-state index < -0.39 is 0 Å². The van der Waals surface area contributed by atoms with E-state index in [9.17, 15) is 9.90 Å². The first-order chi connectivity index (χ1) is 11.6. The first kappa shape index (κ1) is 17.5. The van der Waals surface area contributed by atoms with Crippen molar-refractivity contribution >= 4 is 17.5 Å². The highest BCUT2D eigenvalue weighted by molar-refractivity contribution is 6.32. The lowest BCUT2D eigenvalue weighted by atomic mass is 9.79. The number of carbonyl (C=O) groups is 1. The maximum absolute atomic E-state index is 12.5. The highest BCUT2D eigenvalue weighted by Gasteiger charge is 2.38. The summed E-state index contributed by atoms with van der Waals surface area (Å²) < 4.78 is 5.49. The lowest BCUT2D eigenvalue weighted by Gasteiger charge is -2.48. The number of aromatic hydroxyl groups is 1. The second-order valence-corrected chi connectivity index (χ2v) is 7.14. The Bertz CT molecular complexity index is 582. The van der Waals surface area contributed by atoms with E-state index in [-0.39, 0.29) is 22.2 Å². The number of phenols is 1. The molecule has 24 heavy (non-hydrogen) atoms. The molecule has 1 saturated carbocycles. The summed E-state index contributed by atoms with van der Waals surface area (Å²) in [7, 11) is 0. The lowest BCUT2D eigenvalue weighted by Crippen LogP contribution is -2.59. The number of nitrogens with zero attached hydrogens (tertiary/aromatic N) is 1. The fourth-order valence-corrected chi connectivity index (χ4v) is 4.03. The zero-order valence-electron chi connectivity index (χ0n) is 13.9. The fourth-order valence-electron chi connectivity index (χ4n) is 3.85. The van der Waals surface area contributed by atoms with E-state index in [0.717, 1.165) is 39.1 Å². The van der Waals surface area contributed by atoms with Gasteiger partial charge in [0.25, 0.3) is 5.91 Å². The molecule has 1 amide bonds. The quantitative estimate of drug-likeness (QED) is 0.874. The maximum Gasteiger partial charge on any atom is 0.251 e. The minimum absolute atomic E-state index is 0.00900. The van der Waals surface area contributed by atoms with Crippen LogP contribution in [0, 0.1) is 0 Å². The zero-order valence-corrected chi connectivity index (χ0v) is 14.6. The molecule has 1 aliphatic heterocycles. The second kappa shape index (κ2) is 7.72. The Morgan fingerprint density at radius 3 is 2.62 bits per heavy atom. The molecule has 1 aromatic rings. The Hall–Kier alpha value is -1.30. The SMILES string of the molecule is O=C(NCC1(N2CCOCC2)CCCCC1)c1ccc(O)c(Cl)c1. The van der Waals surface area contributed by atoms with Crippen molar-refractivity contribution in [1.29, 1.82) is 0 Å². The molecule has 0 bridgehead atoms. The van der Waals surface area contributed by atoms with E-state index >= 15 is 0 Å². The van der Waals surface area contributed by atoms with Gasteiger partial charge in [0, 0.05) is 30.7 Å². The van der Waals surface area contributed by atoms with Crippen molar-refractivity contribution in [2.45, 2.75) is 37.6 Å². The fraction of sp³-hybridized carbons (Fsp3) is 0.611. The van der Waals surface area contributed by atoms with Crippen molar-refractivity contribution in [1.82, 2.24) is 10.2 Å². The summed E-state index contributed by atoms with van der Waals surface area (Å²) in [6.07, 6.45) is 5.91. The normalized spacial score (nSPS) is 21.4. The van der Waals surface area contributed by atoms with Gasteiger partial charge in [0.1, 0.15) is 5.75 Å². The minimum Gasteiger partial charge on any atom is -0.506 e. The number of hydrogen-bond donors (Lipinski definition) is 2. The Morgan fingerprint density at radius 1 is 1.25 bits per heavy atom. The standard InChI is InChI=1S/C18H25ClN2O3/c19-15-12-14(4-5-16(15)22)17(23)20-13-18(6-2-1-3-7-18)21-8-10-24-11-9-21/h4-5,12,22H,1-3,6-11,13H2,(H,20,23). The van der Waals surface area contributed by atoms with E-state index in [1.54, 1.807) is 6.07 Å². The topological polar surface area (TPSA) is 61.8 Å². The van der Waals surface area contributed by atoms with E-state index in [4.69, 9.17) is 16.3 Å². The molecule has 0 aromatic heterocycles. The largest absolute Gasteiger partial charge is 0.506 e. The second-order valence-electron chi connectivity index (χ2n) is 6.73. The van der Waals surface area contributed by atoms with Gasteiger partial charge in [-0.15, -0.1) is 0 Å². The molecule has 6 heteroatoms. The van der Waals surface area contributed by atoms with Crippen LogP contribution in [0.4, 0.5) is 0 Å². The van der Waals surface area contributed by atoms with Gasteiger partial charge < -0.3 is 15.2 Å². The predicted molar refractivity (Wildman–Crippen MR) is 93.7 cm³/mol. The van der Waals surface area contributed by atoms with Crippen LogP contribution >= 0.6 is 11.6 Å². The van der Waals surface area contributed by atoms with Crippen molar-refractivity contribution in [3.63, 3.8) is 0 Å². The van der Waals surface area contributed by atoms with Crippen LogP contribution in [0.2, 0.25) is 5.02 Å². The van der Waals surface area contributed by atoms with Gasteiger partial charge in [-0.3, -0.25) is 9.69 Å². The number of hydrogen-bond acceptors (Lipinski definition) is 4. The number of benzene rings is 1. The number of nitrogens with one attached hydrogen (secondary N) is 1. The van der Waals surface area contributed by atoms with Crippen molar-refractivity contribution in [2.24, 2.45) is 0 Å². The average molecular weight is 353 g/mol. The van der Waals surface area contributed by atoms with Crippen LogP contribution in [-0.2, 0) is 4.74 Å². The molecule has 3 rings (SSSR count). The monoisotopic (exact) mass is 352 g/mol. The molecule has 2 fully saturated rings. The third-order valence-electron chi connectivity index (χ3n) is 5.25. The van der Waals surface area contributed by atoms with Gasteiger partial charge in [-0.2, -0.15) is 0 Å². The number of rotatable bonds is 4. The van der Waals surface area contributed by atoms with E-state index in [1.165, 1.54) is 31.4 Å². The van der Waals surface area contributed by atoms with Crippen molar-refractivity contribution in [3.8, 4) is 5.75 Å². The number of carbonyl (C=O) groups excluding carboxylic acids is 1. The number of phenolic OH excluding ortho intramolecular Hbond substituents is 1. The smallest absolute Gasteiger partial charge is 0.251 e. The molecule has 0 atom stereocenters. The highest BCUT2D eigenvalue weighted by atomic mass is 35.5. The van der Waals surface area contributed by atoms with Crippen molar-refractivity contribution in [2.75, 3.05) is 32.8 Å². The summed E-state index contributed by atoms with van der Waals surface area (Å²) in [6, 6.07) is 4.56. The molecule has 1 aliphatic carbocycles. The highest BCUT2D eigenvalue weighted by Crippen LogP contribution is 2.34. The first-order valence-corrected chi connectivity index (χ1v) is 9.08. The summed E-state index contributed by atoms with van der Waals surface area (Å²) in [4.78, 5) is 15.0. The molecule has 0 spiro atoms. The van der Waals surface area contributed by atoms with Crippen LogP contribution in [0.5, 0.6) is 5.75 Å². The maximum atomic E-state index is 12.5. The van der Waals surface area contributed by atoms with Gasteiger partial charge in [0.05, 0.1) is 18.2 Å². The molecule has 2 N–H and O–H groups in total. The molecule has 132 valence electrons. The van der Waals surface area contributed by atoms with Crippen molar-refractivity contribution in [3.05, 3.63) is 28.8 Å². The van der Waals surface area contributed by atoms with Crippen LogP contribution in [0.1, 0.15) is 42.5 Å². The first-order valence-electron chi connectivity index (χ1n) is 8.70. The van der Waals surface area contributed by atoms with E-state index in [0.29, 0.717) is 12.1 Å². The zero-order chi connectivity index (χ0) is 17.0. The lowest BCUT2D eigenvalue weighted by molar-refractivity contribution is -0.0361. The van der Waals surface area contributed by atoms with Gasteiger partial charge in [-0.05, 0) is 31.0 Å². The number of morpholine rings is 1. The molecule has 1 heterocycles. The molecule has 0 radical (unpaired) electrons. The van der Waals surface area contributed by atoms with E-state index in [2.05, 4.69) is 10.2 Å². The Morgan fingerprint density at radius 2 is 1.96 bits per heavy atom. The molecule has 0 unspecified atom stereocenters. The molecular weight excluding hydrogens is 328 g/mol. The van der Waals surface area contributed by atoms with Gasteiger partial charge in [-0.1, -0.05) is 30.9 Å². The molecule has 1 saturated heterocycles. The van der Waals surface area contributed by atoms with E-state index in [1.807, 2.05) is 0 Å². The van der Waals surface area contributed by atoms with Crippen LogP contribution in [0.3, 0.4) is 0 Å². The van der Waals surface area contributed by atoms with Crippen molar-refractivity contribution < 1.29 is 14.6 Å². The summed E-state index contributed by atoms with van der Waals surface area (Å²) in [5.41, 5.74) is 0.518. The van der Waals surface area contributed by atoms with Crippen LogP contribution < -0.4 is 5.32 Å². The van der Waals surface area contributed by atoms with Gasteiger partial charge in [0.2, 0.25) is 0 Å². The average Bonchev–Trinajstić information content (AvgIpc) is 2.63. The summed E-state index contributed by atoms with van der Waals surface area (Å²) in [6.45, 7) is 4.04. The minimum atomic E-state index is -0.143. The number of halogens is 1. The molecule has 5 nitrogen and oxygen atoms in total. The summed E-state index contributed by atoms with van der Waals surface area (Å²) >= 11 is 5.90. The summed E-state index contributed by atoms with van der Waals surface area (Å²) in [5.74, 6) is -0.152. The van der Waals surface area contributed by atoms with Gasteiger partial charge in [-0.25, -0.2) is 0 Å². The van der Waals surface area contributed by atoms with Gasteiger partial charge in [0.15, 0.2) is 0 Å². The molecule has 1 aromatic carbocycles.